The maximum absolute atomic E-state index is 12.4. The van der Waals surface area contributed by atoms with Crippen LogP contribution in [0.25, 0.3) is 0 Å². The number of rotatable bonds is 3. The molecule has 1 aliphatic heterocycles. The molecular formula is C19H22ClN3O. The van der Waals surface area contributed by atoms with Crippen LogP contribution in [0.4, 0.5) is 11.4 Å². The van der Waals surface area contributed by atoms with E-state index in [1.807, 2.05) is 19.1 Å². The average molecular weight is 344 g/mol. The number of carbonyl (C=O) groups is 1. The Morgan fingerprint density at radius 1 is 1.12 bits per heavy atom. The van der Waals surface area contributed by atoms with Crippen molar-refractivity contribution < 1.29 is 4.79 Å². The zero-order valence-electron chi connectivity index (χ0n) is 13.9. The van der Waals surface area contributed by atoms with Crippen molar-refractivity contribution in [3.8, 4) is 0 Å². The number of carbonyl (C=O) groups excluding carboxylic acids is 1. The first-order valence-corrected chi connectivity index (χ1v) is 8.80. The molecule has 126 valence electrons. The molecule has 0 aliphatic carbocycles. The summed E-state index contributed by atoms with van der Waals surface area (Å²) in [4.78, 5) is 19.1. The van der Waals surface area contributed by atoms with Crippen molar-refractivity contribution in [3.05, 3.63) is 52.8 Å². The fraction of sp³-hybridized carbons (Fsp3) is 0.368. The van der Waals surface area contributed by atoms with Gasteiger partial charge >= 0.3 is 0 Å². The van der Waals surface area contributed by atoms with Gasteiger partial charge in [0.2, 0.25) is 0 Å². The van der Waals surface area contributed by atoms with Gasteiger partial charge in [-0.3, -0.25) is 4.79 Å². The molecule has 24 heavy (non-hydrogen) atoms. The Bertz CT molecular complexity index is 707. The van der Waals surface area contributed by atoms with Crippen LogP contribution in [0.1, 0.15) is 41.7 Å². The topological polar surface area (TPSA) is 45.2 Å². The number of aromatic nitrogens is 1. The summed E-state index contributed by atoms with van der Waals surface area (Å²) in [5, 5.41) is 3.55. The molecule has 3 rings (SSSR count). The molecular weight excluding hydrogens is 322 g/mol. The Hall–Kier alpha value is -2.07. The minimum Gasteiger partial charge on any atom is -0.370 e. The predicted molar refractivity (Wildman–Crippen MR) is 99.1 cm³/mol. The van der Waals surface area contributed by atoms with Gasteiger partial charge in [0.05, 0.1) is 11.9 Å². The van der Waals surface area contributed by atoms with E-state index in [0.29, 0.717) is 10.7 Å². The van der Waals surface area contributed by atoms with Crippen LogP contribution >= 0.6 is 11.6 Å². The number of pyridine rings is 1. The van der Waals surface area contributed by atoms with Crippen LogP contribution in [0.3, 0.4) is 0 Å². The first-order chi connectivity index (χ1) is 11.6. The zero-order valence-corrected chi connectivity index (χ0v) is 14.6. The van der Waals surface area contributed by atoms with Crippen LogP contribution in [0.5, 0.6) is 0 Å². The molecule has 1 saturated heterocycles. The normalized spacial score (nSPS) is 15.0. The van der Waals surface area contributed by atoms with E-state index in [2.05, 4.69) is 15.2 Å². The third-order valence-corrected chi connectivity index (χ3v) is 4.62. The minimum atomic E-state index is -0.206. The highest BCUT2D eigenvalue weighted by molar-refractivity contribution is 6.30. The van der Waals surface area contributed by atoms with Gasteiger partial charge in [-0.15, -0.1) is 0 Å². The quantitative estimate of drug-likeness (QED) is 0.880. The summed E-state index contributed by atoms with van der Waals surface area (Å²) in [7, 11) is 0. The summed E-state index contributed by atoms with van der Waals surface area (Å²) < 4.78 is 0. The van der Waals surface area contributed by atoms with Crippen molar-refractivity contribution in [3.63, 3.8) is 0 Å². The molecule has 0 spiro atoms. The molecule has 5 heteroatoms. The van der Waals surface area contributed by atoms with Crippen molar-refractivity contribution in [2.24, 2.45) is 0 Å². The third kappa shape index (κ3) is 4.06. The Morgan fingerprint density at radius 3 is 2.50 bits per heavy atom. The second-order valence-electron chi connectivity index (χ2n) is 6.22. The van der Waals surface area contributed by atoms with Gasteiger partial charge in [-0.2, -0.15) is 0 Å². The first-order valence-electron chi connectivity index (χ1n) is 8.42. The van der Waals surface area contributed by atoms with E-state index >= 15 is 0 Å². The third-order valence-electron chi connectivity index (χ3n) is 4.39. The summed E-state index contributed by atoms with van der Waals surface area (Å²) >= 11 is 5.94. The second kappa shape index (κ2) is 7.67. The van der Waals surface area contributed by atoms with Crippen molar-refractivity contribution in [1.82, 2.24) is 4.98 Å². The van der Waals surface area contributed by atoms with Crippen LogP contribution in [-0.2, 0) is 0 Å². The van der Waals surface area contributed by atoms with Crippen LogP contribution in [-0.4, -0.2) is 24.0 Å². The molecule has 0 radical (unpaired) electrons. The van der Waals surface area contributed by atoms with Crippen LogP contribution < -0.4 is 10.2 Å². The number of hydrogen-bond donors (Lipinski definition) is 1. The van der Waals surface area contributed by atoms with Crippen molar-refractivity contribution >= 4 is 28.9 Å². The van der Waals surface area contributed by atoms with Gasteiger partial charge in [-0.05, 0) is 55.7 Å². The molecule has 2 heterocycles. The lowest BCUT2D eigenvalue weighted by Gasteiger charge is -2.22. The Kier molecular flexibility index (Phi) is 5.36. The van der Waals surface area contributed by atoms with Gasteiger partial charge in [-0.1, -0.05) is 24.4 Å². The Morgan fingerprint density at radius 2 is 1.88 bits per heavy atom. The number of nitrogens with one attached hydrogen (secondary N) is 1. The van der Waals surface area contributed by atoms with Gasteiger partial charge in [0, 0.05) is 23.8 Å². The molecule has 1 aromatic heterocycles. The summed E-state index contributed by atoms with van der Waals surface area (Å²) in [5.74, 6) is -0.206. The van der Waals surface area contributed by atoms with Gasteiger partial charge < -0.3 is 10.2 Å². The van der Waals surface area contributed by atoms with E-state index in [4.69, 9.17) is 11.6 Å². The van der Waals surface area contributed by atoms with Gasteiger partial charge in [0.1, 0.15) is 5.69 Å². The number of nitrogens with zero attached hydrogens (tertiary/aromatic N) is 2. The van der Waals surface area contributed by atoms with Crippen molar-refractivity contribution in [1.29, 1.82) is 0 Å². The molecule has 4 nitrogen and oxygen atoms in total. The molecule has 1 fully saturated rings. The molecule has 1 N–H and O–H groups in total. The smallest absolute Gasteiger partial charge is 0.274 e. The molecule has 0 bridgehead atoms. The standard InChI is InChI=1S/C19H22ClN3O/c1-14-12-15(20)6-8-17(14)22-19(24)18-9-7-16(13-21-18)23-10-4-2-3-5-11-23/h6-9,12-13H,2-5,10-11H2,1H3,(H,22,24). The van der Waals surface area contributed by atoms with E-state index in [0.717, 1.165) is 30.0 Å². The van der Waals surface area contributed by atoms with E-state index in [9.17, 15) is 4.79 Å². The second-order valence-corrected chi connectivity index (χ2v) is 6.65. The molecule has 0 saturated carbocycles. The number of aryl methyl sites for hydroxylation is 1. The summed E-state index contributed by atoms with van der Waals surface area (Å²) in [5.41, 5.74) is 3.19. The van der Waals surface area contributed by atoms with E-state index in [-0.39, 0.29) is 5.91 Å². The predicted octanol–water partition coefficient (Wildman–Crippen LogP) is 4.68. The summed E-state index contributed by atoms with van der Waals surface area (Å²) in [6, 6.07) is 9.18. The first kappa shape index (κ1) is 16.8. The van der Waals surface area contributed by atoms with E-state index < -0.39 is 0 Å². The Balaban J connectivity index is 1.69. The molecule has 1 amide bonds. The largest absolute Gasteiger partial charge is 0.370 e. The van der Waals surface area contributed by atoms with Gasteiger partial charge in [-0.25, -0.2) is 4.98 Å². The highest BCUT2D eigenvalue weighted by Gasteiger charge is 2.13. The lowest BCUT2D eigenvalue weighted by molar-refractivity contribution is 0.102. The highest BCUT2D eigenvalue weighted by atomic mass is 35.5. The van der Waals surface area contributed by atoms with Crippen LogP contribution in [0, 0.1) is 6.92 Å². The molecule has 1 aliphatic rings. The van der Waals surface area contributed by atoms with Crippen LogP contribution in [0.2, 0.25) is 5.02 Å². The number of hydrogen-bond acceptors (Lipinski definition) is 3. The molecule has 0 unspecified atom stereocenters. The number of halogens is 1. The maximum atomic E-state index is 12.4. The van der Waals surface area contributed by atoms with Gasteiger partial charge in [0.25, 0.3) is 5.91 Å². The number of benzene rings is 1. The average Bonchev–Trinajstić information content (AvgIpc) is 2.87. The SMILES string of the molecule is Cc1cc(Cl)ccc1NC(=O)c1ccc(N2CCCCCC2)cn1. The Labute approximate surface area is 147 Å². The van der Waals surface area contributed by atoms with Crippen molar-refractivity contribution in [2.75, 3.05) is 23.3 Å². The minimum absolute atomic E-state index is 0.206. The van der Waals surface area contributed by atoms with Crippen molar-refractivity contribution in [2.45, 2.75) is 32.6 Å². The summed E-state index contributed by atoms with van der Waals surface area (Å²) in [6.45, 7) is 4.05. The van der Waals surface area contributed by atoms with E-state index in [1.165, 1.54) is 25.7 Å². The van der Waals surface area contributed by atoms with Crippen LogP contribution in [0.15, 0.2) is 36.5 Å². The maximum Gasteiger partial charge on any atom is 0.274 e. The lowest BCUT2D eigenvalue weighted by Crippen LogP contribution is -2.24. The number of amides is 1. The fourth-order valence-electron chi connectivity index (χ4n) is 2.99. The van der Waals surface area contributed by atoms with E-state index in [1.54, 1.807) is 24.4 Å². The fourth-order valence-corrected chi connectivity index (χ4v) is 3.22. The monoisotopic (exact) mass is 343 g/mol. The number of anilines is 2. The highest BCUT2D eigenvalue weighted by Crippen LogP contribution is 2.21. The molecule has 1 aromatic carbocycles. The van der Waals surface area contributed by atoms with Gasteiger partial charge in [0.15, 0.2) is 0 Å². The lowest BCUT2D eigenvalue weighted by atomic mass is 10.2. The summed E-state index contributed by atoms with van der Waals surface area (Å²) in [6.07, 6.45) is 6.83. The molecule has 2 aromatic rings. The zero-order chi connectivity index (χ0) is 16.9. The molecule has 0 atom stereocenters.